The maximum Gasteiger partial charge on any atom is 0.356 e. The number of pyridine rings is 1. The molecular formula is C18H11N5O3S. The van der Waals surface area contributed by atoms with E-state index in [0.29, 0.717) is 16.8 Å². The molecule has 0 radical (unpaired) electrons. The lowest BCUT2D eigenvalue weighted by molar-refractivity contribution is 0.431. The summed E-state index contributed by atoms with van der Waals surface area (Å²) in [5.74, 6) is 0. The maximum atomic E-state index is 12.4. The number of nitrogens with zero attached hydrogens (tertiary/aromatic N) is 4. The highest BCUT2D eigenvalue weighted by molar-refractivity contribution is 7.92. The van der Waals surface area contributed by atoms with Crippen molar-refractivity contribution in [2.75, 3.05) is 4.72 Å². The second-order valence-corrected chi connectivity index (χ2v) is 7.11. The van der Waals surface area contributed by atoms with Crippen molar-refractivity contribution >= 4 is 26.5 Å². The Morgan fingerprint density at radius 2 is 1.85 bits per heavy atom. The summed E-state index contributed by atoms with van der Waals surface area (Å²) in [4.78, 5) is 4.11. The topological polar surface area (TPSA) is 122 Å². The van der Waals surface area contributed by atoms with Crippen molar-refractivity contribution < 1.29 is 12.8 Å². The Kier molecular flexibility index (Phi) is 4.02. The molecule has 132 valence electrons. The number of benzene rings is 2. The second-order valence-electron chi connectivity index (χ2n) is 5.55. The van der Waals surface area contributed by atoms with E-state index in [0.717, 1.165) is 22.7 Å². The molecule has 0 aliphatic rings. The van der Waals surface area contributed by atoms with Gasteiger partial charge in [-0.05, 0) is 23.1 Å². The van der Waals surface area contributed by atoms with Gasteiger partial charge in [0.25, 0.3) is 0 Å². The fourth-order valence-electron chi connectivity index (χ4n) is 2.80. The van der Waals surface area contributed by atoms with Crippen LogP contribution in [-0.4, -0.2) is 23.6 Å². The summed E-state index contributed by atoms with van der Waals surface area (Å²) in [5, 5.41) is 17.2. The molecular weight excluding hydrogens is 366 g/mol. The number of nitrogens with one attached hydrogen (secondary N) is 1. The van der Waals surface area contributed by atoms with Gasteiger partial charge in [0.1, 0.15) is 0 Å². The predicted octanol–water partition coefficient (Wildman–Crippen LogP) is 2.96. The smallest absolute Gasteiger partial charge is 0.356 e. The summed E-state index contributed by atoms with van der Waals surface area (Å²) in [6.07, 6.45) is 3.97. The Bertz CT molecular complexity index is 1280. The standard InChI is InChI=1S/C18H11N5O3S/c19-9-12-5-6-15(14-4-2-1-3-13(12)14)16-10-20-8-7-17(16)23-27(24,25)18-22-21-11-26-18/h1-8,10-11H,(H,20,23). The first kappa shape index (κ1) is 16.7. The quantitative estimate of drug-likeness (QED) is 0.580. The molecule has 0 fully saturated rings. The van der Waals surface area contributed by atoms with Crippen molar-refractivity contribution in [2.45, 2.75) is 5.22 Å². The van der Waals surface area contributed by atoms with E-state index in [1.54, 1.807) is 18.3 Å². The van der Waals surface area contributed by atoms with Crippen molar-refractivity contribution in [3.8, 4) is 17.2 Å². The average molecular weight is 377 g/mol. The van der Waals surface area contributed by atoms with Gasteiger partial charge in [0.15, 0.2) is 0 Å². The van der Waals surface area contributed by atoms with Crippen LogP contribution in [0.1, 0.15) is 5.56 Å². The van der Waals surface area contributed by atoms with Crippen molar-refractivity contribution in [1.82, 2.24) is 15.2 Å². The number of sulfonamides is 1. The highest BCUT2D eigenvalue weighted by atomic mass is 32.2. The van der Waals surface area contributed by atoms with Crippen LogP contribution >= 0.6 is 0 Å². The van der Waals surface area contributed by atoms with Crippen LogP contribution in [0, 0.1) is 11.3 Å². The van der Waals surface area contributed by atoms with Gasteiger partial charge in [0.2, 0.25) is 6.39 Å². The summed E-state index contributed by atoms with van der Waals surface area (Å²) in [5.41, 5.74) is 2.13. The van der Waals surface area contributed by atoms with Gasteiger partial charge >= 0.3 is 15.2 Å². The minimum atomic E-state index is -4.04. The zero-order valence-electron chi connectivity index (χ0n) is 13.7. The third kappa shape index (κ3) is 2.98. The summed E-state index contributed by atoms with van der Waals surface area (Å²) in [6.45, 7) is 0. The predicted molar refractivity (Wildman–Crippen MR) is 97.0 cm³/mol. The number of aromatic nitrogens is 3. The van der Waals surface area contributed by atoms with Gasteiger partial charge in [-0.2, -0.15) is 13.7 Å². The molecule has 0 atom stereocenters. The fourth-order valence-corrected chi connectivity index (χ4v) is 3.68. The molecule has 9 heteroatoms. The number of anilines is 1. The van der Waals surface area contributed by atoms with Crippen LogP contribution in [0.4, 0.5) is 5.69 Å². The zero-order chi connectivity index (χ0) is 18.9. The van der Waals surface area contributed by atoms with Crippen LogP contribution in [0.3, 0.4) is 0 Å². The average Bonchev–Trinajstić information content (AvgIpc) is 3.23. The largest absolute Gasteiger partial charge is 0.414 e. The number of nitriles is 1. The highest BCUT2D eigenvalue weighted by Gasteiger charge is 2.22. The maximum absolute atomic E-state index is 12.4. The van der Waals surface area contributed by atoms with Gasteiger partial charge in [-0.25, -0.2) is 0 Å². The van der Waals surface area contributed by atoms with Gasteiger partial charge in [-0.15, -0.1) is 5.10 Å². The minimum absolute atomic E-state index is 0.304. The number of hydrogen-bond donors (Lipinski definition) is 1. The van der Waals surface area contributed by atoms with Crippen LogP contribution in [0.15, 0.2) is 70.9 Å². The Balaban J connectivity index is 1.88. The summed E-state index contributed by atoms with van der Waals surface area (Å²) in [6, 6.07) is 14.6. The van der Waals surface area contributed by atoms with E-state index >= 15 is 0 Å². The Hall–Kier alpha value is -3.77. The van der Waals surface area contributed by atoms with Crippen LogP contribution in [-0.2, 0) is 10.0 Å². The molecule has 0 aliphatic carbocycles. The molecule has 0 aliphatic heterocycles. The molecule has 1 N–H and O–H groups in total. The minimum Gasteiger partial charge on any atom is -0.414 e. The first-order valence-electron chi connectivity index (χ1n) is 7.75. The second kappa shape index (κ2) is 6.51. The van der Waals surface area contributed by atoms with E-state index in [4.69, 9.17) is 4.42 Å². The lowest BCUT2D eigenvalue weighted by Crippen LogP contribution is -2.14. The molecule has 4 aromatic rings. The lowest BCUT2D eigenvalue weighted by Gasteiger charge is -2.13. The molecule has 4 rings (SSSR count). The van der Waals surface area contributed by atoms with Gasteiger partial charge in [0, 0.05) is 23.3 Å². The summed E-state index contributed by atoms with van der Waals surface area (Å²) >= 11 is 0. The molecule has 0 amide bonds. The van der Waals surface area contributed by atoms with Gasteiger partial charge in [-0.3, -0.25) is 9.71 Å². The molecule has 2 heterocycles. The first-order valence-corrected chi connectivity index (χ1v) is 9.24. The van der Waals surface area contributed by atoms with Gasteiger partial charge in [-0.1, -0.05) is 35.4 Å². The van der Waals surface area contributed by atoms with Crippen molar-refractivity contribution in [1.29, 1.82) is 5.26 Å². The van der Waals surface area contributed by atoms with E-state index < -0.39 is 15.2 Å². The normalized spacial score (nSPS) is 11.2. The summed E-state index contributed by atoms with van der Waals surface area (Å²) in [7, 11) is -4.04. The third-order valence-electron chi connectivity index (χ3n) is 3.97. The van der Waals surface area contributed by atoms with Crippen LogP contribution < -0.4 is 4.72 Å². The van der Waals surface area contributed by atoms with Crippen molar-refractivity contribution in [3.05, 3.63) is 66.8 Å². The lowest BCUT2D eigenvalue weighted by atomic mass is 9.95. The van der Waals surface area contributed by atoms with Gasteiger partial charge in [0.05, 0.1) is 17.3 Å². The fraction of sp³-hybridized carbons (Fsp3) is 0. The van der Waals surface area contributed by atoms with E-state index in [1.165, 1.54) is 12.3 Å². The number of hydrogen-bond acceptors (Lipinski definition) is 7. The number of rotatable bonds is 4. The van der Waals surface area contributed by atoms with Gasteiger partial charge < -0.3 is 4.42 Å². The van der Waals surface area contributed by atoms with Crippen molar-refractivity contribution in [3.63, 3.8) is 0 Å². The van der Waals surface area contributed by atoms with Crippen molar-refractivity contribution in [2.24, 2.45) is 0 Å². The van der Waals surface area contributed by atoms with Crippen LogP contribution in [0.25, 0.3) is 21.9 Å². The van der Waals surface area contributed by atoms with E-state index in [9.17, 15) is 13.7 Å². The molecule has 0 saturated carbocycles. The molecule has 2 aromatic heterocycles. The Morgan fingerprint density at radius 1 is 1.04 bits per heavy atom. The molecule has 8 nitrogen and oxygen atoms in total. The first-order chi connectivity index (χ1) is 13.1. The molecule has 0 unspecified atom stereocenters. The van der Waals surface area contributed by atoms with Crippen LogP contribution in [0.5, 0.6) is 0 Å². The van der Waals surface area contributed by atoms with E-state index in [-0.39, 0.29) is 0 Å². The number of fused-ring (bicyclic) bond motifs is 1. The van der Waals surface area contributed by atoms with Crippen LogP contribution in [0.2, 0.25) is 0 Å². The molecule has 0 saturated heterocycles. The Morgan fingerprint density at radius 3 is 2.59 bits per heavy atom. The van der Waals surface area contributed by atoms with E-state index in [2.05, 4.69) is 26.0 Å². The molecule has 2 aromatic carbocycles. The molecule has 27 heavy (non-hydrogen) atoms. The Labute approximate surface area is 154 Å². The zero-order valence-corrected chi connectivity index (χ0v) is 14.5. The molecule has 0 bridgehead atoms. The third-order valence-corrected chi connectivity index (χ3v) is 5.10. The van der Waals surface area contributed by atoms with E-state index in [1.807, 2.05) is 24.3 Å². The highest BCUT2D eigenvalue weighted by Crippen LogP contribution is 2.35. The summed E-state index contributed by atoms with van der Waals surface area (Å²) < 4.78 is 32.1. The molecule has 0 spiro atoms. The monoisotopic (exact) mass is 377 g/mol. The SMILES string of the molecule is N#Cc1ccc(-c2cnccc2NS(=O)(=O)c2nnco2)c2ccccc12.